The van der Waals surface area contributed by atoms with Gasteiger partial charge in [-0.2, -0.15) is 0 Å². The van der Waals surface area contributed by atoms with E-state index in [2.05, 4.69) is 15.2 Å². The van der Waals surface area contributed by atoms with Crippen LogP contribution in [0.2, 0.25) is 0 Å². The van der Waals surface area contributed by atoms with Gasteiger partial charge in [0.15, 0.2) is 0 Å². The van der Waals surface area contributed by atoms with Crippen LogP contribution in [0.25, 0.3) is 0 Å². The highest BCUT2D eigenvalue weighted by Gasteiger charge is 2.35. The molecule has 98 valence electrons. The van der Waals surface area contributed by atoms with Crippen molar-refractivity contribution >= 4 is 11.8 Å². The molecule has 0 fully saturated rings. The van der Waals surface area contributed by atoms with E-state index in [0.29, 0.717) is 11.1 Å². The molecule has 7 heteroatoms. The number of amides is 2. The minimum Gasteiger partial charge on any atom is -0.310 e. The van der Waals surface area contributed by atoms with Crippen molar-refractivity contribution in [1.29, 1.82) is 0 Å². The Morgan fingerprint density at radius 3 is 2.68 bits per heavy atom. The second-order valence-corrected chi connectivity index (χ2v) is 4.00. The number of imide groups is 1. The number of hydrogen-bond donors (Lipinski definition) is 1. The molecule has 0 radical (unpaired) electrons. The molecule has 7 nitrogen and oxygen atoms in total. The zero-order valence-corrected chi connectivity index (χ0v) is 10.5. The van der Waals surface area contributed by atoms with Crippen molar-refractivity contribution in [2.75, 3.05) is 0 Å². The minimum atomic E-state index is -0.465. The summed E-state index contributed by atoms with van der Waals surface area (Å²) in [6.45, 7) is 3.16. The minimum absolute atomic E-state index is 0.0266. The van der Waals surface area contributed by atoms with Crippen LogP contribution >= 0.6 is 0 Å². The molecule has 1 aliphatic rings. The Hall–Kier alpha value is -2.57. The molecular weight excluding hydrogens is 248 g/mol. The third-order valence-corrected chi connectivity index (χ3v) is 2.78. The number of H-pyrrole nitrogens is 1. The van der Waals surface area contributed by atoms with Gasteiger partial charge in [0.2, 0.25) is 0 Å². The fourth-order valence-electron chi connectivity index (χ4n) is 1.79. The van der Waals surface area contributed by atoms with Gasteiger partial charge in [0.25, 0.3) is 17.4 Å². The predicted molar refractivity (Wildman–Crippen MR) is 65.7 cm³/mol. The van der Waals surface area contributed by atoms with Gasteiger partial charge in [-0.25, -0.2) is 0 Å². The largest absolute Gasteiger partial charge is 0.310 e. The molecule has 1 aliphatic heterocycles. The molecule has 2 rings (SSSR count). The standard InChI is InChI=1S/C12H12N4O3/c1-3-4-8-7(2)11(18)16(12(8)19)5-9-10(17)13-6-14-15-9/h3-4,6H,5H2,1-2H3,(H,13,14,17)/b4-3-. The number of nitrogens with zero attached hydrogens (tertiary/aromatic N) is 3. The van der Waals surface area contributed by atoms with E-state index in [9.17, 15) is 14.4 Å². The Labute approximate surface area is 108 Å². The molecule has 0 spiro atoms. The maximum atomic E-state index is 12.1. The van der Waals surface area contributed by atoms with Gasteiger partial charge in [-0.3, -0.25) is 19.3 Å². The average molecular weight is 260 g/mol. The maximum Gasteiger partial charge on any atom is 0.274 e. The number of aromatic amines is 1. The summed E-state index contributed by atoms with van der Waals surface area (Å²) in [5, 5.41) is 7.16. The topological polar surface area (TPSA) is 96.0 Å². The highest BCUT2D eigenvalue weighted by Crippen LogP contribution is 2.22. The lowest BCUT2D eigenvalue weighted by atomic mass is 10.1. The van der Waals surface area contributed by atoms with E-state index >= 15 is 0 Å². The number of carbonyl (C=O) groups excluding carboxylic acids is 2. The van der Waals surface area contributed by atoms with Gasteiger partial charge in [-0.1, -0.05) is 12.2 Å². The summed E-state index contributed by atoms with van der Waals surface area (Å²) in [6.07, 6.45) is 4.41. The normalized spacial score (nSPS) is 16.0. The molecule has 1 aromatic rings. The van der Waals surface area contributed by atoms with E-state index in [-0.39, 0.29) is 12.2 Å². The van der Waals surface area contributed by atoms with E-state index in [1.807, 2.05) is 0 Å². The number of aromatic nitrogens is 3. The summed E-state index contributed by atoms with van der Waals surface area (Å²) < 4.78 is 0. The Kier molecular flexibility index (Phi) is 3.37. The van der Waals surface area contributed by atoms with Crippen molar-refractivity contribution in [3.05, 3.63) is 45.7 Å². The van der Waals surface area contributed by atoms with Crippen LogP contribution in [0.5, 0.6) is 0 Å². The molecule has 0 saturated heterocycles. The van der Waals surface area contributed by atoms with Crippen LogP contribution in [0.15, 0.2) is 34.4 Å². The third-order valence-electron chi connectivity index (χ3n) is 2.78. The highest BCUT2D eigenvalue weighted by atomic mass is 16.2. The first-order valence-electron chi connectivity index (χ1n) is 5.65. The zero-order chi connectivity index (χ0) is 14.0. The molecule has 0 unspecified atom stereocenters. The Balaban J connectivity index is 2.31. The van der Waals surface area contributed by atoms with E-state index in [1.54, 1.807) is 26.0 Å². The quantitative estimate of drug-likeness (QED) is 0.767. The van der Waals surface area contributed by atoms with Gasteiger partial charge < -0.3 is 4.98 Å². The van der Waals surface area contributed by atoms with Crippen LogP contribution in [0.4, 0.5) is 0 Å². The Morgan fingerprint density at radius 1 is 1.32 bits per heavy atom. The summed E-state index contributed by atoms with van der Waals surface area (Å²) in [5.41, 5.74) is 0.266. The molecule has 1 N–H and O–H groups in total. The Bertz CT molecular complexity index is 657. The van der Waals surface area contributed by atoms with Crippen molar-refractivity contribution in [1.82, 2.24) is 20.1 Å². The lowest BCUT2D eigenvalue weighted by Crippen LogP contribution is -2.34. The molecule has 19 heavy (non-hydrogen) atoms. The van der Waals surface area contributed by atoms with Crippen molar-refractivity contribution in [2.24, 2.45) is 0 Å². The van der Waals surface area contributed by atoms with Gasteiger partial charge in [-0.05, 0) is 13.8 Å². The summed E-state index contributed by atoms with van der Waals surface area (Å²) in [5.74, 6) is -0.839. The smallest absolute Gasteiger partial charge is 0.274 e. The lowest BCUT2D eigenvalue weighted by Gasteiger charge is -2.12. The number of carbonyl (C=O) groups is 2. The van der Waals surface area contributed by atoms with Crippen LogP contribution in [-0.2, 0) is 16.1 Å². The van der Waals surface area contributed by atoms with Crippen LogP contribution < -0.4 is 5.56 Å². The first-order chi connectivity index (χ1) is 9.06. The van der Waals surface area contributed by atoms with E-state index in [4.69, 9.17) is 0 Å². The monoisotopic (exact) mass is 260 g/mol. The summed E-state index contributed by atoms with van der Waals surface area (Å²) in [7, 11) is 0. The molecule has 2 heterocycles. The van der Waals surface area contributed by atoms with Crippen molar-refractivity contribution in [2.45, 2.75) is 20.4 Å². The number of rotatable bonds is 3. The maximum absolute atomic E-state index is 12.1. The molecule has 0 saturated carbocycles. The second kappa shape index (κ2) is 4.97. The van der Waals surface area contributed by atoms with Crippen LogP contribution in [0.3, 0.4) is 0 Å². The van der Waals surface area contributed by atoms with Gasteiger partial charge in [0.1, 0.15) is 12.0 Å². The van der Waals surface area contributed by atoms with Gasteiger partial charge in [-0.15, -0.1) is 10.2 Å². The summed E-state index contributed by atoms with van der Waals surface area (Å²) in [4.78, 5) is 38.8. The first kappa shape index (κ1) is 12.9. The Morgan fingerprint density at radius 2 is 2.05 bits per heavy atom. The molecule has 0 aromatic carbocycles. The second-order valence-electron chi connectivity index (χ2n) is 4.00. The fourth-order valence-corrected chi connectivity index (χ4v) is 1.79. The van der Waals surface area contributed by atoms with Crippen LogP contribution in [0.1, 0.15) is 19.5 Å². The number of hydrogen-bond acceptors (Lipinski definition) is 5. The van der Waals surface area contributed by atoms with Gasteiger partial charge in [0.05, 0.1) is 6.54 Å². The predicted octanol–water partition coefficient (Wildman–Crippen LogP) is -0.0737. The third kappa shape index (κ3) is 2.22. The summed E-state index contributed by atoms with van der Waals surface area (Å²) >= 11 is 0. The number of nitrogens with one attached hydrogen (secondary N) is 1. The van der Waals surface area contributed by atoms with E-state index in [1.165, 1.54) is 0 Å². The first-order valence-corrected chi connectivity index (χ1v) is 5.65. The van der Waals surface area contributed by atoms with Crippen molar-refractivity contribution < 1.29 is 9.59 Å². The van der Waals surface area contributed by atoms with Crippen molar-refractivity contribution in [3.63, 3.8) is 0 Å². The molecule has 0 aliphatic carbocycles. The zero-order valence-electron chi connectivity index (χ0n) is 10.5. The van der Waals surface area contributed by atoms with Crippen LogP contribution in [-0.4, -0.2) is 31.9 Å². The lowest BCUT2D eigenvalue weighted by molar-refractivity contribution is -0.138. The molecular formula is C12H12N4O3. The highest BCUT2D eigenvalue weighted by molar-refractivity contribution is 6.20. The van der Waals surface area contributed by atoms with Gasteiger partial charge in [0, 0.05) is 11.1 Å². The van der Waals surface area contributed by atoms with Gasteiger partial charge >= 0.3 is 0 Å². The number of allylic oxidation sites excluding steroid dienone is 1. The molecule has 0 bridgehead atoms. The summed E-state index contributed by atoms with van der Waals surface area (Å²) in [6, 6.07) is 0. The van der Waals surface area contributed by atoms with E-state index < -0.39 is 17.4 Å². The van der Waals surface area contributed by atoms with Crippen molar-refractivity contribution in [3.8, 4) is 0 Å². The van der Waals surface area contributed by atoms with E-state index in [0.717, 1.165) is 11.2 Å². The average Bonchev–Trinajstić information content (AvgIpc) is 2.59. The molecule has 2 amide bonds. The SMILES string of the molecule is C/C=C\C1=C(C)C(=O)N(Cc2nnc[nH]c2=O)C1=O. The van der Waals surface area contributed by atoms with Crippen LogP contribution in [0, 0.1) is 0 Å². The molecule has 0 atom stereocenters. The molecule has 1 aromatic heterocycles. The fraction of sp³-hybridized carbons (Fsp3) is 0.250.